The molecule has 4 heteroatoms. The van der Waals surface area contributed by atoms with Crippen LogP contribution in [0.5, 0.6) is 0 Å². The normalized spacial score (nSPS) is 29.4. The summed E-state index contributed by atoms with van der Waals surface area (Å²) >= 11 is 1.60. The standard InChI is InChI=1S/C15H26N2OS/c1-3-4-12-5-7-15(10-16,8-6-12)14(18)13-9-19-11(2)17-13/h9,12,14,18H,3-8,10,16H2,1-2H3. The molecule has 1 aliphatic rings. The van der Waals surface area contributed by atoms with Crippen molar-refractivity contribution in [1.29, 1.82) is 0 Å². The van der Waals surface area contributed by atoms with Crippen molar-refractivity contribution >= 4 is 11.3 Å². The second-order valence-corrected chi connectivity index (χ2v) is 7.05. The lowest BCUT2D eigenvalue weighted by atomic mass is 9.66. The molecule has 0 spiro atoms. The van der Waals surface area contributed by atoms with Gasteiger partial charge in [0.1, 0.15) is 6.10 Å². The summed E-state index contributed by atoms with van der Waals surface area (Å²) in [6.45, 7) is 4.79. The Morgan fingerprint density at radius 2 is 2.21 bits per heavy atom. The molecule has 0 aliphatic heterocycles. The summed E-state index contributed by atoms with van der Waals surface area (Å²) in [5.74, 6) is 0.828. The van der Waals surface area contributed by atoms with Crippen LogP contribution in [0.4, 0.5) is 0 Å². The molecule has 1 saturated carbocycles. The summed E-state index contributed by atoms with van der Waals surface area (Å²) in [6.07, 6.45) is 6.54. The molecule has 3 nitrogen and oxygen atoms in total. The van der Waals surface area contributed by atoms with Gasteiger partial charge in [-0.25, -0.2) is 4.98 Å². The quantitative estimate of drug-likeness (QED) is 0.870. The van der Waals surface area contributed by atoms with E-state index in [-0.39, 0.29) is 5.41 Å². The first-order valence-electron chi connectivity index (χ1n) is 7.41. The summed E-state index contributed by atoms with van der Waals surface area (Å²) in [6, 6.07) is 0. The van der Waals surface area contributed by atoms with Gasteiger partial charge in [-0.15, -0.1) is 11.3 Å². The Morgan fingerprint density at radius 1 is 1.53 bits per heavy atom. The van der Waals surface area contributed by atoms with Gasteiger partial charge in [0.15, 0.2) is 0 Å². The summed E-state index contributed by atoms with van der Waals surface area (Å²) < 4.78 is 0. The van der Waals surface area contributed by atoms with Crippen molar-refractivity contribution in [3.8, 4) is 0 Å². The second kappa shape index (κ2) is 6.33. The molecule has 1 aromatic heterocycles. The van der Waals surface area contributed by atoms with Gasteiger partial charge in [0.2, 0.25) is 0 Å². The van der Waals surface area contributed by atoms with E-state index in [9.17, 15) is 5.11 Å². The fraction of sp³-hybridized carbons (Fsp3) is 0.800. The Hall–Kier alpha value is -0.450. The van der Waals surface area contributed by atoms with Crippen LogP contribution in [-0.2, 0) is 0 Å². The van der Waals surface area contributed by atoms with Crippen molar-refractivity contribution < 1.29 is 5.11 Å². The number of aliphatic hydroxyl groups excluding tert-OH is 1. The van der Waals surface area contributed by atoms with Crippen LogP contribution >= 0.6 is 11.3 Å². The first kappa shape index (κ1) is 14.9. The van der Waals surface area contributed by atoms with Crippen LogP contribution in [0.1, 0.15) is 62.3 Å². The predicted octanol–water partition coefficient (Wildman–Crippen LogP) is 3.42. The molecule has 2 rings (SSSR count). The molecule has 0 saturated heterocycles. The second-order valence-electron chi connectivity index (χ2n) is 5.99. The highest BCUT2D eigenvalue weighted by molar-refractivity contribution is 7.09. The molecule has 0 amide bonds. The Bertz CT molecular complexity index is 397. The molecule has 1 atom stereocenters. The topological polar surface area (TPSA) is 59.1 Å². The minimum Gasteiger partial charge on any atom is -0.386 e. The Balaban J connectivity index is 2.07. The van der Waals surface area contributed by atoms with Crippen LogP contribution in [0, 0.1) is 18.3 Å². The molecule has 1 unspecified atom stereocenters. The van der Waals surface area contributed by atoms with Gasteiger partial charge in [-0.1, -0.05) is 19.8 Å². The smallest absolute Gasteiger partial charge is 0.104 e. The van der Waals surface area contributed by atoms with Crippen LogP contribution in [0.2, 0.25) is 0 Å². The van der Waals surface area contributed by atoms with Crippen molar-refractivity contribution in [3.63, 3.8) is 0 Å². The molecule has 3 N–H and O–H groups in total. The molecule has 0 radical (unpaired) electrons. The lowest BCUT2D eigenvalue weighted by Gasteiger charge is -2.42. The minimum absolute atomic E-state index is 0.148. The number of aromatic nitrogens is 1. The summed E-state index contributed by atoms with van der Waals surface area (Å²) in [5, 5.41) is 13.7. The lowest BCUT2D eigenvalue weighted by molar-refractivity contribution is -0.0131. The summed E-state index contributed by atoms with van der Waals surface area (Å²) in [5.41, 5.74) is 6.69. The molecule has 19 heavy (non-hydrogen) atoms. The van der Waals surface area contributed by atoms with Crippen molar-refractivity contribution in [2.24, 2.45) is 17.1 Å². The van der Waals surface area contributed by atoms with Crippen LogP contribution in [0.3, 0.4) is 0 Å². The van der Waals surface area contributed by atoms with Crippen molar-refractivity contribution in [1.82, 2.24) is 4.98 Å². The molecule has 0 aromatic carbocycles. The highest BCUT2D eigenvalue weighted by atomic mass is 32.1. The Labute approximate surface area is 120 Å². The highest BCUT2D eigenvalue weighted by Gasteiger charge is 2.41. The van der Waals surface area contributed by atoms with Gasteiger partial charge in [-0.05, 0) is 38.5 Å². The maximum Gasteiger partial charge on any atom is 0.104 e. The first-order chi connectivity index (χ1) is 9.11. The molecule has 1 aliphatic carbocycles. The number of thiazole rings is 1. The molecule has 1 heterocycles. The maximum absolute atomic E-state index is 10.7. The molecule has 108 valence electrons. The summed E-state index contributed by atoms with van der Waals surface area (Å²) in [4.78, 5) is 4.45. The van der Waals surface area contributed by atoms with Crippen LogP contribution < -0.4 is 5.73 Å². The van der Waals surface area contributed by atoms with Gasteiger partial charge in [-0.3, -0.25) is 0 Å². The van der Waals surface area contributed by atoms with Crippen LogP contribution in [0.25, 0.3) is 0 Å². The number of hydrogen-bond donors (Lipinski definition) is 2. The van der Waals surface area contributed by atoms with E-state index in [1.165, 1.54) is 25.7 Å². The monoisotopic (exact) mass is 282 g/mol. The van der Waals surface area contributed by atoms with Crippen molar-refractivity contribution in [2.45, 2.75) is 58.5 Å². The third-order valence-electron chi connectivity index (χ3n) is 4.70. The fourth-order valence-electron chi connectivity index (χ4n) is 3.36. The molecule has 1 fully saturated rings. The first-order valence-corrected chi connectivity index (χ1v) is 8.29. The van der Waals surface area contributed by atoms with E-state index in [4.69, 9.17) is 5.73 Å². The van der Waals surface area contributed by atoms with E-state index in [0.29, 0.717) is 6.54 Å². The Kier molecular flexibility index (Phi) is 4.98. The van der Waals surface area contributed by atoms with Gasteiger partial charge in [0.05, 0.1) is 10.7 Å². The van der Waals surface area contributed by atoms with Gasteiger partial charge < -0.3 is 10.8 Å². The number of aryl methyl sites for hydroxylation is 1. The number of rotatable bonds is 5. The maximum atomic E-state index is 10.7. The minimum atomic E-state index is -0.495. The third-order valence-corrected chi connectivity index (χ3v) is 5.49. The molecule has 1 aromatic rings. The van der Waals surface area contributed by atoms with E-state index in [1.54, 1.807) is 11.3 Å². The van der Waals surface area contributed by atoms with Gasteiger partial charge in [-0.2, -0.15) is 0 Å². The molecular formula is C15H26N2OS. The largest absolute Gasteiger partial charge is 0.386 e. The van der Waals surface area contributed by atoms with E-state index in [1.807, 2.05) is 12.3 Å². The predicted molar refractivity (Wildman–Crippen MR) is 80.2 cm³/mol. The lowest BCUT2D eigenvalue weighted by Crippen LogP contribution is -2.40. The molecule has 0 bridgehead atoms. The zero-order valence-corrected chi connectivity index (χ0v) is 12.9. The Morgan fingerprint density at radius 3 is 2.68 bits per heavy atom. The number of aliphatic hydroxyl groups is 1. The average molecular weight is 282 g/mol. The number of nitrogens with two attached hydrogens (primary N) is 1. The average Bonchev–Trinajstić information content (AvgIpc) is 2.86. The highest BCUT2D eigenvalue weighted by Crippen LogP contribution is 2.47. The molecular weight excluding hydrogens is 256 g/mol. The number of nitrogens with zero attached hydrogens (tertiary/aromatic N) is 1. The van der Waals surface area contributed by atoms with E-state index in [2.05, 4.69) is 11.9 Å². The van der Waals surface area contributed by atoms with E-state index in [0.717, 1.165) is 29.5 Å². The van der Waals surface area contributed by atoms with Crippen LogP contribution in [0.15, 0.2) is 5.38 Å². The summed E-state index contributed by atoms with van der Waals surface area (Å²) in [7, 11) is 0. The van der Waals surface area contributed by atoms with Crippen LogP contribution in [-0.4, -0.2) is 16.6 Å². The zero-order valence-electron chi connectivity index (χ0n) is 12.1. The zero-order chi connectivity index (χ0) is 13.9. The van der Waals surface area contributed by atoms with Crippen molar-refractivity contribution in [3.05, 3.63) is 16.1 Å². The van der Waals surface area contributed by atoms with E-state index < -0.39 is 6.10 Å². The SMILES string of the molecule is CCCC1CCC(CN)(C(O)c2csc(C)n2)CC1. The van der Waals surface area contributed by atoms with E-state index >= 15 is 0 Å². The van der Waals surface area contributed by atoms with Crippen molar-refractivity contribution in [2.75, 3.05) is 6.54 Å². The van der Waals surface area contributed by atoms with Gasteiger partial charge in [0, 0.05) is 17.3 Å². The van der Waals surface area contributed by atoms with Gasteiger partial charge >= 0.3 is 0 Å². The fourth-order valence-corrected chi connectivity index (χ4v) is 3.99. The van der Waals surface area contributed by atoms with Gasteiger partial charge in [0.25, 0.3) is 0 Å². The third kappa shape index (κ3) is 3.18. The number of hydrogen-bond acceptors (Lipinski definition) is 4.